The molecule has 1 saturated heterocycles. The van der Waals surface area contributed by atoms with Crippen molar-refractivity contribution in [3.05, 3.63) is 24.3 Å². The Balaban J connectivity index is 2.01. The van der Waals surface area contributed by atoms with Gasteiger partial charge in [0.05, 0.1) is 12.2 Å². The number of thiocarbonyl (C=S) groups is 1. The summed E-state index contributed by atoms with van der Waals surface area (Å²) in [5.41, 5.74) is 6.70. The number of aromatic hydroxyl groups is 1. The molecule has 0 amide bonds. The largest absolute Gasteiger partial charge is 0.493 e. The Labute approximate surface area is 138 Å². The number of hydrogen-bond donors (Lipinski definition) is 2. The highest BCUT2D eigenvalue weighted by atomic mass is 32.2. The summed E-state index contributed by atoms with van der Waals surface area (Å²) in [6.07, 6.45) is 0. The molecular formula is C14H17N5OS2. The van der Waals surface area contributed by atoms with Crippen LogP contribution in [0.15, 0.2) is 34.5 Å². The lowest BCUT2D eigenvalue weighted by atomic mass is 10.2. The van der Waals surface area contributed by atoms with Gasteiger partial charge in [-0.2, -0.15) is 11.8 Å². The summed E-state index contributed by atoms with van der Waals surface area (Å²) in [6, 6.07) is 7.72. The van der Waals surface area contributed by atoms with E-state index in [1.807, 2.05) is 40.6 Å². The molecule has 1 aliphatic heterocycles. The molecule has 0 atom stereocenters. The van der Waals surface area contributed by atoms with E-state index in [1.54, 1.807) is 0 Å². The summed E-state index contributed by atoms with van der Waals surface area (Å²) in [4.78, 5) is 2.32. The number of hydrogen-bond acceptors (Lipinski definition) is 5. The maximum atomic E-state index is 10.5. The molecular weight excluding hydrogens is 318 g/mol. The molecule has 1 aliphatic rings. The molecule has 0 saturated carbocycles. The summed E-state index contributed by atoms with van der Waals surface area (Å²) in [7, 11) is 0. The first kappa shape index (κ1) is 15.3. The van der Waals surface area contributed by atoms with Crippen molar-refractivity contribution in [2.45, 2.75) is 6.67 Å². The van der Waals surface area contributed by atoms with E-state index in [-0.39, 0.29) is 11.0 Å². The lowest BCUT2D eigenvalue weighted by molar-refractivity contribution is 0.232. The third kappa shape index (κ3) is 3.08. The van der Waals surface area contributed by atoms with E-state index in [1.165, 1.54) is 0 Å². The quantitative estimate of drug-likeness (QED) is 0.666. The van der Waals surface area contributed by atoms with Crippen LogP contribution in [0.25, 0.3) is 10.9 Å². The van der Waals surface area contributed by atoms with Gasteiger partial charge in [-0.25, -0.2) is 0 Å². The highest BCUT2D eigenvalue weighted by Crippen LogP contribution is 2.39. The average molecular weight is 335 g/mol. The number of aromatic nitrogens is 1. The van der Waals surface area contributed by atoms with Crippen LogP contribution in [-0.4, -0.2) is 44.3 Å². The van der Waals surface area contributed by atoms with Crippen LogP contribution >= 0.6 is 24.0 Å². The summed E-state index contributed by atoms with van der Waals surface area (Å²) in [6.45, 7) is 2.66. The van der Waals surface area contributed by atoms with E-state index in [0.29, 0.717) is 12.4 Å². The van der Waals surface area contributed by atoms with E-state index in [9.17, 15) is 5.11 Å². The van der Waals surface area contributed by atoms with E-state index in [2.05, 4.69) is 15.1 Å². The van der Waals surface area contributed by atoms with Gasteiger partial charge in [-0.05, 0) is 18.3 Å². The molecule has 6 nitrogen and oxygen atoms in total. The topological polar surface area (TPSA) is 79.1 Å². The predicted molar refractivity (Wildman–Crippen MR) is 93.8 cm³/mol. The Hall–Kier alpha value is -1.64. The summed E-state index contributed by atoms with van der Waals surface area (Å²) < 4.78 is 1.86. The van der Waals surface area contributed by atoms with Crippen LogP contribution in [-0.2, 0) is 6.67 Å². The van der Waals surface area contributed by atoms with Gasteiger partial charge in [0, 0.05) is 30.0 Å². The second-order valence-electron chi connectivity index (χ2n) is 5.03. The molecule has 0 bridgehead atoms. The monoisotopic (exact) mass is 335 g/mol. The van der Waals surface area contributed by atoms with Gasteiger partial charge in [0.1, 0.15) is 0 Å². The van der Waals surface area contributed by atoms with Crippen LogP contribution in [0.3, 0.4) is 0 Å². The standard InChI is InChI=1S/C14H17N5OS2/c15-14(21)17-16-12-10-3-1-2-4-11(10)19(13(12)20)9-18-5-7-22-8-6-18/h1-4,20H,5-9H2,(H2,15,21). The van der Waals surface area contributed by atoms with Crippen molar-refractivity contribution >= 4 is 45.7 Å². The lowest BCUT2D eigenvalue weighted by Crippen LogP contribution is -2.34. The van der Waals surface area contributed by atoms with Crippen molar-refractivity contribution in [2.24, 2.45) is 16.0 Å². The number of nitrogens with zero attached hydrogens (tertiary/aromatic N) is 4. The van der Waals surface area contributed by atoms with E-state index in [0.717, 1.165) is 35.5 Å². The Bertz CT molecular complexity index is 721. The smallest absolute Gasteiger partial charge is 0.221 e. The number of para-hydroxylation sites is 1. The minimum absolute atomic E-state index is 0.0516. The Morgan fingerprint density at radius 2 is 2.05 bits per heavy atom. The fraction of sp³-hybridized carbons (Fsp3) is 0.357. The van der Waals surface area contributed by atoms with Gasteiger partial charge in [0.15, 0.2) is 5.69 Å². The van der Waals surface area contributed by atoms with Crippen molar-refractivity contribution in [2.75, 3.05) is 24.6 Å². The average Bonchev–Trinajstić information content (AvgIpc) is 2.79. The second kappa shape index (κ2) is 6.64. The number of thioether (sulfide) groups is 1. The molecule has 3 N–H and O–H groups in total. The number of fused-ring (bicyclic) bond motifs is 1. The molecule has 1 aromatic heterocycles. The first-order chi connectivity index (χ1) is 10.7. The number of nitrogens with two attached hydrogens (primary N) is 1. The zero-order valence-electron chi connectivity index (χ0n) is 12.0. The molecule has 0 unspecified atom stereocenters. The zero-order valence-corrected chi connectivity index (χ0v) is 13.6. The van der Waals surface area contributed by atoms with Crippen molar-refractivity contribution in [1.29, 1.82) is 0 Å². The van der Waals surface area contributed by atoms with Gasteiger partial charge < -0.3 is 10.8 Å². The summed E-state index contributed by atoms with van der Waals surface area (Å²) >= 11 is 6.68. The van der Waals surface area contributed by atoms with E-state index >= 15 is 0 Å². The second-order valence-corrected chi connectivity index (χ2v) is 6.67. The van der Waals surface area contributed by atoms with Crippen molar-refractivity contribution in [1.82, 2.24) is 9.47 Å². The molecule has 0 spiro atoms. The third-order valence-corrected chi connectivity index (χ3v) is 4.64. The SMILES string of the molecule is NC(=S)N=Nc1c(O)n(CN2CCSCC2)c2ccccc12. The number of rotatable bonds is 3. The lowest BCUT2D eigenvalue weighted by Gasteiger charge is -2.27. The van der Waals surface area contributed by atoms with Crippen LogP contribution in [0.5, 0.6) is 5.88 Å². The first-order valence-electron chi connectivity index (χ1n) is 6.98. The Kier molecular flexibility index (Phi) is 4.60. The molecule has 0 aliphatic carbocycles. The first-order valence-corrected chi connectivity index (χ1v) is 8.54. The molecule has 0 radical (unpaired) electrons. The minimum atomic E-state index is -0.0516. The molecule has 2 heterocycles. The molecule has 22 heavy (non-hydrogen) atoms. The Morgan fingerprint density at radius 3 is 2.77 bits per heavy atom. The number of azo groups is 1. The highest BCUT2D eigenvalue weighted by molar-refractivity contribution is 7.99. The van der Waals surface area contributed by atoms with Crippen LogP contribution < -0.4 is 5.73 Å². The maximum absolute atomic E-state index is 10.5. The van der Waals surface area contributed by atoms with Gasteiger partial charge in [-0.3, -0.25) is 9.47 Å². The van der Waals surface area contributed by atoms with E-state index < -0.39 is 0 Å². The van der Waals surface area contributed by atoms with Gasteiger partial charge in [0.2, 0.25) is 11.0 Å². The molecule has 1 aromatic carbocycles. The minimum Gasteiger partial charge on any atom is -0.493 e. The van der Waals surface area contributed by atoms with Gasteiger partial charge in [0.25, 0.3) is 0 Å². The zero-order chi connectivity index (χ0) is 15.5. The molecule has 1 fully saturated rings. The van der Waals surface area contributed by atoms with Crippen molar-refractivity contribution in [3.63, 3.8) is 0 Å². The number of benzene rings is 1. The van der Waals surface area contributed by atoms with Crippen LogP contribution in [0, 0.1) is 0 Å². The van der Waals surface area contributed by atoms with Crippen LogP contribution in [0.2, 0.25) is 0 Å². The molecule has 8 heteroatoms. The normalized spacial score (nSPS) is 16.5. The maximum Gasteiger partial charge on any atom is 0.221 e. The van der Waals surface area contributed by atoms with E-state index in [4.69, 9.17) is 18.0 Å². The molecule has 3 rings (SSSR count). The van der Waals surface area contributed by atoms with Gasteiger partial charge in [-0.1, -0.05) is 18.2 Å². The predicted octanol–water partition coefficient (Wildman–Crippen LogP) is 2.68. The Morgan fingerprint density at radius 1 is 1.32 bits per heavy atom. The van der Waals surface area contributed by atoms with Crippen LogP contribution in [0.4, 0.5) is 5.69 Å². The van der Waals surface area contributed by atoms with Crippen LogP contribution in [0.1, 0.15) is 0 Å². The van der Waals surface area contributed by atoms with Gasteiger partial charge >= 0.3 is 0 Å². The summed E-state index contributed by atoms with van der Waals surface area (Å²) in [5, 5.41) is 19.1. The van der Waals surface area contributed by atoms with Crippen molar-refractivity contribution in [3.8, 4) is 5.88 Å². The molecule has 116 valence electrons. The third-order valence-electron chi connectivity index (χ3n) is 3.61. The summed E-state index contributed by atoms with van der Waals surface area (Å²) in [5.74, 6) is 2.33. The molecule has 2 aromatic rings. The van der Waals surface area contributed by atoms with Gasteiger partial charge in [-0.15, -0.1) is 10.2 Å². The fourth-order valence-corrected chi connectivity index (χ4v) is 3.57. The highest BCUT2D eigenvalue weighted by Gasteiger charge is 2.19. The van der Waals surface area contributed by atoms with Crippen molar-refractivity contribution < 1.29 is 5.11 Å². The fourth-order valence-electron chi connectivity index (χ4n) is 2.56.